The van der Waals surface area contributed by atoms with Crippen LogP contribution >= 0.6 is 0 Å². The molecule has 0 unspecified atom stereocenters. The fourth-order valence-electron chi connectivity index (χ4n) is 4.56. The first kappa shape index (κ1) is 23.6. The van der Waals surface area contributed by atoms with Gasteiger partial charge in [-0.05, 0) is 59.2 Å². The van der Waals surface area contributed by atoms with Gasteiger partial charge >= 0.3 is 0 Å². The molecule has 1 saturated heterocycles. The molecule has 2 heterocycles. The Bertz CT molecular complexity index is 1290. The van der Waals surface area contributed by atoms with Gasteiger partial charge in [0.25, 0.3) is 0 Å². The minimum absolute atomic E-state index is 0.0932. The van der Waals surface area contributed by atoms with E-state index in [1.54, 1.807) is 13.3 Å². The zero-order valence-corrected chi connectivity index (χ0v) is 20.5. The first-order valence-electron chi connectivity index (χ1n) is 12.2. The van der Waals surface area contributed by atoms with E-state index in [4.69, 9.17) is 4.74 Å². The highest BCUT2D eigenvalue weighted by Gasteiger charge is 2.17. The number of rotatable bonds is 9. The fraction of sp³-hybridized carbons (Fsp3) is 0.241. The average Bonchev–Trinajstić information content (AvgIpc) is 3.44. The van der Waals surface area contributed by atoms with Gasteiger partial charge in [0.1, 0.15) is 5.75 Å². The number of hydrogen-bond acceptors (Lipinski definition) is 5. The largest absolute Gasteiger partial charge is 0.497 e. The molecule has 0 atom stereocenters. The summed E-state index contributed by atoms with van der Waals surface area (Å²) in [6.07, 6.45) is 3.73. The third kappa shape index (κ3) is 5.93. The Morgan fingerprint density at radius 2 is 1.75 bits per heavy atom. The Balaban J connectivity index is 1.39. The highest BCUT2D eigenvalue weighted by Crippen LogP contribution is 2.24. The SMILES string of the molecule is COc1cccc(CN(Cc2ccc(-n3cccn3)cc2)c2cccc(CN3CCNC(=O)C3)c2)c1. The summed E-state index contributed by atoms with van der Waals surface area (Å²) in [5.41, 5.74) is 5.78. The molecular weight excluding hydrogens is 450 g/mol. The van der Waals surface area contributed by atoms with Gasteiger partial charge < -0.3 is 15.0 Å². The van der Waals surface area contributed by atoms with Gasteiger partial charge in [0, 0.05) is 50.8 Å². The van der Waals surface area contributed by atoms with Crippen LogP contribution in [0.3, 0.4) is 0 Å². The van der Waals surface area contributed by atoms with Crippen molar-refractivity contribution >= 4 is 11.6 Å². The molecule has 1 aliphatic heterocycles. The summed E-state index contributed by atoms with van der Waals surface area (Å²) in [4.78, 5) is 16.4. The number of carbonyl (C=O) groups is 1. The van der Waals surface area contributed by atoms with E-state index in [2.05, 4.69) is 80.9 Å². The molecule has 1 amide bonds. The van der Waals surface area contributed by atoms with Crippen LogP contribution in [0.25, 0.3) is 5.69 Å². The number of nitrogens with one attached hydrogen (secondary N) is 1. The number of ether oxygens (including phenoxy) is 1. The fourth-order valence-corrected chi connectivity index (χ4v) is 4.56. The number of amides is 1. The van der Waals surface area contributed by atoms with Crippen molar-refractivity contribution in [1.82, 2.24) is 20.0 Å². The molecule has 36 heavy (non-hydrogen) atoms. The normalized spacial score (nSPS) is 13.9. The standard InChI is InChI=1S/C29H31N5O2/c1-36-28-8-3-6-25(18-28)21-33(20-23-9-11-26(12-10-23)34-15-4-13-31-34)27-7-2-5-24(17-27)19-32-16-14-30-29(35)22-32/h2-13,15,17-18H,14,16,19-22H2,1H3,(H,30,35). The van der Waals surface area contributed by atoms with Crippen molar-refractivity contribution in [2.24, 2.45) is 0 Å². The summed E-state index contributed by atoms with van der Waals surface area (Å²) in [5, 5.41) is 7.22. The zero-order chi connectivity index (χ0) is 24.7. The maximum Gasteiger partial charge on any atom is 0.234 e. The van der Waals surface area contributed by atoms with E-state index in [1.165, 1.54) is 16.7 Å². The molecule has 0 radical (unpaired) electrons. The minimum atomic E-state index is 0.0932. The zero-order valence-electron chi connectivity index (χ0n) is 20.5. The molecule has 0 bridgehead atoms. The van der Waals surface area contributed by atoms with Gasteiger partial charge in [0.05, 0.1) is 19.3 Å². The number of anilines is 1. The van der Waals surface area contributed by atoms with E-state index in [1.807, 2.05) is 29.1 Å². The van der Waals surface area contributed by atoms with Crippen LogP contribution < -0.4 is 15.0 Å². The van der Waals surface area contributed by atoms with Crippen LogP contribution in [0.1, 0.15) is 16.7 Å². The third-order valence-electron chi connectivity index (χ3n) is 6.39. The number of hydrogen-bond donors (Lipinski definition) is 1. The first-order chi connectivity index (χ1) is 17.7. The maximum atomic E-state index is 11.8. The van der Waals surface area contributed by atoms with Gasteiger partial charge in [-0.15, -0.1) is 0 Å². The lowest BCUT2D eigenvalue weighted by molar-refractivity contribution is -0.124. The predicted molar refractivity (Wildman–Crippen MR) is 141 cm³/mol. The lowest BCUT2D eigenvalue weighted by Crippen LogP contribution is -2.47. The summed E-state index contributed by atoms with van der Waals surface area (Å²) in [6, 6.07) is 27.3. The van der Waals surface area contributed by atoms with E-state index in [9.17, 15) is 4.79 Å². The number of aromatic nitrogens is 2. The van der Waals surface area contributed by atoms with E-state index < -0.39 is 0 Å². The molecule has 3 aromatic carbocycles. The Morgan fingerprint density at radius 3 is 2.53 bits per heavy atom. The number of piperazine rings is 1. The molecule has 0 aliphatic carbocycles. The Morgan fingerprint density at radius 1 is 0.944 bits per heavy atom. The van der Waals surface area contributed by atoms with Crippen LogP contribution in [0.4, 0.5) is 5.69 Å². The Kier molecular flexibility index (Phi) is 7.28. The molecule has 184 valence electrons. The molecule has 1 fully saturated rings. The second-order valence-electron chi connectivity index (χ2n) is 9.06. The van der Waals surface area contributed by atoms with Gasteiger partial charge in [-0.3, -0.25) is 9.69 Å². The predicted octanol–water partition coefficient (Wildman–Crippen LogP) is 4.02. The second-order valence-corrected chi connectivity index (χ2v) is 9.06. The lowest BCUT2D eigenvalue weighted by Gasteiger charge is -2.28. The van der Waals surface area contributed by atoms with Crippen molar-refractivity contribution in [3.05, 3.63) is 108 Å². The minimum Gasteiger partial charge on any atom is -0.497 e. The maximum absolute atomic E-state index is 11.8. The van der Waals surface area contributed by atoms with E-state index in [0.29, 0.717) is 13.1 Å². The number of methoxy groups -OCH3 is 1. The molecule has 5 rings (SSSR count). The van der Waals surface area contributed by atoms with Gasteiger partial charge in [-0.1, -0.05) is 36.4 Å². The van der Waals surface area contributed by atoms with Gasteiger partial charge in [0.15, 0.2) is 0 Å². The molecule has 1 aromatic heterocycles. The van der Waals surface area contributed by atoms with E-state index >= 15 is 0 Å². The summed E-state index contributed by atoms with van der Waals surface area (Å²) >= 11 is 0. The molecule has 1 aliphatic rings. The van der Waals surface area contributed by atoms with Crippen LogP contribution in [0.5, 0.6) is 5.75 Å². The Hall–Kier alpha value is -4.10. The van der Waals surface area contributed by atoms with Crippen molar-refractivity contribution < 1.29 is 9.53 Å². The molecule has 1 N–H and O–H groups in total. The quantitative estimate of drug-likeness (QED) is 0.391. The van der Waals surface area contributed by atoms with E-state index in [-0.39, 0.29) is 5.91 Å². The highest BCUT2D eigenvalue weighted by molar-refractivity contribution is 5.78. The second kappa shape index (κ2) is 11.1. The van der Waals surface area contributed by atoms with Crippen LogP contribution in [-0.2, 0) is 24.4 Å². The first-order valence-corrected chi connectivity index (χ1v) is 12.2. The molecule has 4 aromatic rings. The monoisotopic (exact) mass is 481 g/mol. The number of benzene rings is 3. The molecule has 0 saturated carbocycles. The molecular formula is C29H31N5O2. The van der Waals surface area contributed by atoms with Crippen LogP contribution in [0.2, 0.25) is 0 Å². The molecule has 7 nitrogen and oxygen atoms in total. The summed E-state index contributed by atoms with van der Waals surface area (Å²) in [5.74, 6) is 0.948. The number of carbonyl (C=O) groups excluding carboxylic acids is 1. The van der Waals surface area contributed by atoms with Crippen molar-refractivity contribution in [1.29, 1.82) is 0 Å². The van der Waals surface area contributed by atoms with Crippen LogP contribution in [0.15, 0.2) is 91.3 Å². The smallest absolute Gasteiger partial charge is 0.234 e. The Labute approximate surface area is 211 Å². The molecule has 0 spiro atoms. The van der Waals surface area contributed by atoms with Gasteiger partial charge in [0.2, 0.25) is 5.91 Å². The van der Waals surface area contributed by atoms with Crippen molar-refractivity contribution in [2.45, 2.75) is 19.6 Å². The van der Waals surface area contributed by atoms with Crippen LogP contribution in [0, 0.1) is 0 Å². The van der Waals surface area contributed by atoms with Crippen molar-refractivity contribution in [3.8, 4) is 11.4 Å². The third-order valence-corrected chi connectivity index (χ3v) is 6.39. The molecule has 7 heteroatoms. The van der Waals surface area contributed by atoms with Crippen molar-refractivity contribution in [3.63, 3.8) is 0 Å². The lowest BCUT2D eigenvalue weighted by atomic mass is 10.1. The summed E-state index contributed by atoms with van der Waals surface area (Å²) < 4.78 is 7.32. The topological polar surface area (TPSA) is 62.6 Å². The van der Waals surface area contributed by atoms with Crippen molar-refractivity contribution in [2.75, 3.05) is 31.6 Å². The summed E-state index contributed by atoms with van der Waals surface area (Å²) in [7, 11) is 1.70. The number of nitrogens with zero attached hydrogens (tertiary/aromatic N) is 4. The highest BCUT2D eigenvalue weighted by atomic mass is 16.5. The average molecular weight is 482 g/mol. The van der Waals surface area contributed by atoms with Gasteiger partial charge in [-0.2, -0.15) is 5.10 Å². The van der Waals surface area contributed by atoms with E-state index in [0.717, 1.165) is 43.3 Å². The van der Waals surface area contributed by atoms with Gasteiger partial charge in [-0.25, -0.2) is 4.68 Å². The summed E-state index contributed by atoms with van der Waals surface area (Å²) in [6.45, 7) is 4.27. The van der Waals surface area contributed by atoms with Crippen LogP contribution in [-0.4, -0.2) is 47.3 Å².